The largest absolute Gasteiger partial charge is 0.334 e. The highest BCUT2D eigenvalue weighted by Gasteiger charge is 2.12. The zero-order chi connectivity index (χ0) is 13.1. The summed E-state index contributed by atoms with van der Waals surface area (Å²) < 4.78 is 1.94. The molecule has 0 saturated carbocycles. The molecule has 1 heterocycles. The minimum absolute atomic E-state index is 0.00395. The molecule has 0 aliphatic rings. The summed E-state index contributed by atoms with van der Waals surface area (Å²) in [6.45, 7) is 2.40. The van der Waals surface area contributed by atoms with Crippen LogP contribution in [-0.4, -0.2) is 22.0 Å². The predicted octanol–water partition coefficient (Wildman–Crippen LogP) is 1.50. The molecule has 18 heavy (non-hydrogen) atoms. The first-order valence-corrected chi connectivity index (χ1v) is 6.04. The summed E-state index contributed by atoms with van der Waals surface area (Å²) in [4.78, 5) is 16.1. The van der Waals surface area contributed by atoms with Crippen molar-refractivity contribution in [2.24, 2.45) is 18.7 Å². The van der Waals surface area contributed by atoms with Gasteiger partial charge in [0.25, 0.3) is 0 Å². The summed E-state index contributed by atoms with van der Waals surface area (Å²) in [6.07, 6.45) is 2.45. The van der Waals surface area contributed by atoms with Gasteiger partial charge in [0.05, 0.1) is 17.4 Å². The van der Waals surface area contributed by atoms with Crippen molar-refractivity contribution in [3.63, 3.8) is 0 Å². The van der Waals surface area contributed by atoms with E-state index in [1.54, 1.807) is 6.33 Å². The Hall–Kier alpha value is -1.88. The van der Waals surface area contributed by atoms with Crippen molar-refractivity contribution in [2.75, 3.05) is 11.9 Å². The van der Waals surface area contributed by atoms with E-state index in [2.05, 4.69) is 10.3 Å². The number of carbonyl (C=O) groups excluding carboxylic acids is 1. The average Bonchev–Trinajstić information content (AvgIpc) is 2.71. The van der Waals surface area contributed by atoms with E-state index in [4.69, 9.17) is 5.73 Å². The normalized spacial score (nSPS) is 12.6. The Labute approximate surface area is 106 Å². The van der Waals surface area contributed by atoms with Crippen LogP contribution in [0.5, 0.6) is 0 Å². The third kappa shape index (κ3) is 2.51. The number of rotatable bonds is 4. The number of fused-ring (bicyclic) bond motifs is 1. The second-order valence-corrected chi connectivity index (χ2v) is 4.53. The molecule has 1 aromatic carbocycles. The number of aryl methyl sites for hydroxylation is 1. The fourth-order valence-corrected chi connectivity index (χ4v) is 1.86. The maximum atomic E-state index is 11.9. The van der Waals surface area contributed by atoms with E-state index in [1.165, 1.54) is 0 Å². The van der Waals surface area contributed by atoms with Crippen molar-refractivity contribution in [2.45, 2.75) is 13.3 Å². The fraction of sp³-hybridized carbons (Fsp3) is 0.385. The van der Waals surface area contributed by atoms with Crippen molar-refractivity contribution >= 4 is 22.6 Å². The number of anilines is 1. The highest BCUT2D eigenvalue weighted by Crippen LogP contribution is 2.18. The fourth-order valence-electron chi connectivity index (χ4n) is 1.86. The number of carbonyl (C=O) groups is 1. The molecule has 0 fully saturated rings. The molecular weight excluding hydrogens is 228 g/mol. The summed E-state index contributed by atoms with van der Waals surface area (Å²) in [6, 6.07) is 5.71. The number of nitrogens with one attached hydrogen (secondary N) is 1. The summed E-state index contributed by atoms with van der Waals surface area (Å²) in [7, 11) is 1.94. The number of imidazole rings is 1. The van der Waals surface area contributed by atoms with E-state index < -0.39 is 0 Å². The zero-order valence-electron chi connectivity index (χ0n) is 10.7. The molecule has 0 radical (unpaired) electrons. The van der Waals surface area contributed by atoms with Gasteiger partial charge in [-0.05, 0) is 31.2 Å². The molecule has 0 spiro atoms. The van der Waals surface area contributed by atoms with Gasteiger partial charge in [0, 0.05) is 18.7 Å². The lowest BCUT2D eigenvalue weighted by atomic mass is 10.1. The summed E-state index contributed by atoms with van der Waals surface area (Å²) in [5, 5.41) is 2.88. The number of aromatic nitrogens is 2. The number of nitrogens with zero attached hydrogens (tertiary/aromatic N) is 2. The van der Waals surface area contributed by atoms with Crippen LogP contribution in [-0.2, 0) is 11.8 Å². The Kier molecular flexibility index (Phi) is 3.62. The van der Waals surface area contributed by atoms with Crippen LogP contribution in [0.25, 0.3) is 11.0 Å². The molecule has 1 atom stereocenters. The highest BCUT2D eigenvalue weighted by atomic mass is 16.1. The molecule has 2 rings (SSSR count). The van der Waals surface area contributed by atoms with Gasteiger partial charge < -0.3 is 15.6 Å². The topological polar surface area (TPSA) is 72.9 Å². The molecule has 5 heteroatoms. The van der Waals surface area contributed by atoms with Gasteiger partial charge >= 0.3 is 0 Å². The van der Waals surface area contributed by atoms with E-state index in [9.17, 15) is 4.79 Å². The van der Waals surface area contributed by atoms with Crippen molar-refractivity contribution in [1.82, 2.24) is 9.55 Å². The van der Waals surface area contributed by atoms with Crippen molar-refractivity contribution in [1.29, 1.82) is 0 Å². The highest BCUT2D eigenvalue weighted by molar-refractivity contribution is 5.94. The van der Waals surface area contributed by atoms with E-state index in [-0.39, 0.29) is 11.8 Å². The van der Waals surface area contributed by atoms with E-state index >= 15 is 0 Å². The first-order chi connectivity index (χ1) is 8.61. The molecular formula is C13H18N4O. The molecule has 0 aliphatic carbocycles. The van der Waals surface area contributed by atoms with Gasteiger partial charge in [-0.25, -0.2) is 4.98 Å². The van der Waals surface area contributed by atoms with Crippen LogP contribution in [0.1, 0.15) is 13.3 Å². The van der Waals surface area contributed by atoms with Crippen molar-refractivity contribution < 1.29 is 4.79 Å². The summed E-state index contributed by atoms with van der Waals surface area (Å²) >= 11 is 0. The molecule has 0 bridgehead atoms. The average molecular weight is 246 g/mol. The van der Waals surface area contributed by atoms with Gasteiger partial charge in [-0.3, -0.25) is 4.79 Å². The number of hydrogen-bond acceptors (Lipinski definition) is 3. The number of nitrogens with two attached hydrogens (primary N) is 1. The van der Waals surface area contributed by atoms with Gasteiger partial charge in [-0.1, -0.05) is 6.92 Å². The summed E-state index contributed by atoms with van der Waals surface area (Å²) in [5.74, 6) is -0.0786. The Bertz CT molecular complexity index is 561. The smallest absolute Gasteiger partial charge is 0.227 e. The van der Waals surface area contributed by atoms with Crippen LogP contribution >= 0.6 is 0 Å². The predicted molar refractivity (Wildman–Crippen MR) is 72.2 cm³/mol. The quantitative estimate of drug-likeness (QED) is 0.858. The Morgan fingerprint density at radius 3 is 3.06 bits per heavy atom. The van der Waals surface area contributed by atoms with Crippen molar-refractivity contribution in [3.05, 3.63) is 24.5 Å². The third-order valence-corrected chi connectivity index (χ3v) is 3.04. The SMILES string of the molecule is CC(CCN)C(=O)Nc1ccc2c(c1)ncn2C. The second kappa shape index (κ2) is 5.18. The van der Waals surface area contributed by atoms with Gasteiger partial charge in [0.1, 0.15) is 0 Å². The van der Waals surface area contributed by atoms with Crippen molar-refractivity contribution in [3.8, 4) is 0 Å². The number of hydrogen-bond donors (Lipinski definition) is 2. The number of amides is 1. The molecule has 96 valence electrons. The molecule has 1 unspecified atom stereocenters. The van der Waals surface area contributed by atoms with Crippen LogP contribution in [0, 0.1) is 5.92 Å². The molecule has 2 aromatic rings. The van der Waals surface area contributed by atoms with Crippen LogP contribution in [0.15, 0.2) is 24.5 Å². The molecule has 0 saturated heterocycles. The molecule has 3 N–H and O–H groups in total. The lowest BCUT2D eigenvalue weighted by Gasteiger charge is -2.11. The first kappa shape index (κ1) is 12.6. The van der Waals surface area contributed by atoms with Gasteiger partial charge in [0.15, 0.2) is 0 Å². The van der Waals surface area contributed by atoms with E-state index in [0.717, 1.165) is 16.7 Å². The van der Waals surface area contributed by atoms with Crippen LogP contribution in [0.2, 0.25) is 0 Å². The Morgan fingerprint density at radius 1 is 1.56 bits per heavy atom. The van der Waals surface area contributed by atoms with E-state index in [0.29, 0.717) is 13.0 Å². The van der Waals surface area contributed by atoms with Crippen LogP contribution < -0.4 is 11.1 Å². The first-order valence-electron chi connectivity index (χ1n) is 6.04. The molecule has 0 aliphatic heterocycles. The molecule has 1 aromatic heterocycles. The standard InChI is InChI=1S/C13H18N4O/c1-9(5-6-14)13(18)16-10-3-4-12-11(7-10)15-8-17(12)2/h3-4,7-9H,5-6,14H2,1-2H3,(H,16,18). The second-order valence-electron chi connectivity index (χ2n) is 4.53. The summed E-state index contributed by atoms with van der Waals surface area (Å²) in [5.41, 5.74) is 8.14. The van der Waals surface area contributed by atoms with Crippen LogP contribution in [0.3, 0.4) is 0 Å². The molecule has 1 amide bonds. The Morgan fingerprint density at radius 2 is 2.33 bits per heavy atom. The lowest BCUT2D eigenvalue weighted by molar-refractivity contribution is -0.119. The Balaban J connectivity index is 2.14. The molecule has 5 nitrogen and oxygen atoms in total. The van der Waals surface area contributed by atoms with Gasteiger partial charge in [-0.2, -0.15) is 0 Å². The van der Waals surface area contributed by atoms with E-state index in [1.807, 2.05) is 36.7 Å². The minimum Gasteiger partial charge on any atom is -0.334 e. The van der Waals surface area contributed by atoms with Crippen LogP contribution in [0.4, 0.5) is 5.69 Å². The van der Waals surface area contributed by atoms with Gasteiger partial charge in [0.2, 0.25) is 5.91 Å². The minimum atomic E-state index is -0.0746. The van der Waals surface area contributed by atoms with Gasteiger partial charge in [-0.15, -0.1) is 0 Å². The maximum Gasteiger partial charge on any atom is 0.227 e. The number of benzene rings is 1. The maximum absolute atomic E-state index is 11.9. The monoisotopic (exact) mass is 246 g/mol. The zero-order valence-corrected chi connectivity index (χ0v) is 10.7. The third-order valence-electron chi connectivity index (χ3n) is 3.04. The lowest BCUT2D eigenvalue weighted by Crippen LogP contribution is -2.22.